The maximum absolute atomic E-state index is 11.5. The number of pyridine rings is 1. The van der Waals surface area contributed by atoms with Crippen molar-refractivity contribution in [3.8, 4) is 0 Å². The molecule has 2 aromatic rings. The SMILES string of the molecule is COC(=O)c1ccc(Nc2cc(C3CC3)nc(C3CC3)c2)cc1. The summed E-state index contributed by atoms with van der Waals surface area (Å²) in [5, 5.41) is 3.44. The summed E-state index contributed by atoms with van der Waals surface area (Å²) in [4.78, 5) is 16.3. The van der Waals surface area contributed by atoms with Crippen molar-refractivity contribution in [2.45, 2.75) is 37.5 Å². The lowest BCUT2D eigenvalue weighted by atomic mass is 10.1. The van der Waals surface area contributed by atoms with Crippen LogP contribution in [0.5, 0.6) is 0 Å². The maximum Gasteiger partial charge on any atom is 0.337 e. The van der Waals surface area contributed by atoms with Crippen molar-refractivity contribution in [3.05, 3.63) is 53.3 Å². The first kappa shape index (κ1) is 14.2. The number of benzene rings is 1. The number of hydrogen-bond donors (Lipinski definition) is 1. The average molecular weight is 308 g/mol. The Morgan fingerprint density at radius 3 is 2.04 bits per heavy atom. The summed E-state index contributed by atoms with van der Waals surface area (Å²) in [7, 11) is 1.39. The number of rotatable bonds is 5. The maximum atomic E-state index is 11.5. The van der Waals surface area contributed by atoms with Crippen LogP contribution < -0.4 is 5.32 Å². The summed E-state index contributed by atoms with van der Waals surface area (Å²) in [5.74, 6) is 0.986. The van der Waals surface area contributed by atoms with Crippen LogP contribution in [0.25, 0.3) is 0 Å². The van der Waals surface area contributed by atoms with Crippen LogP contribution in [0.1, 0.15) is 59.3 Å². The molecular formula is C19H20N2O2. The Morgan fingerprint density at radius 1 is 1.00 bits per heavy atom. The van der Waals surface area contributed by atoms with Gasteiger partial charge in [0, 0.05) is 34.6 Å². The number of anilines is 2. The highest BCUT2D eigenvalue weighted by atomic mass is 16.5. The molecule has 0 radical (unpaired) electrons. The van der Waals surface area contributed by atoms with Crippen molar-refractivity contribution < 1.29 is 9.53 Å². The van der Waals surface area contributed by atoms with Crippen LogP contribution in [-0.4, -0.2) is 18.1 Å². The van der Waals surface area contributed by atoms with Crippen LogP contribution in [0, 0.1) is 0 Å². The molecular weight excluding hydrogens is 288 g/mol. The van der Waals surface area contributed by atoms with Gasteiger partial charge in [-0.15, -0.1) is 0 Å². The molecule has 4 nitrogen and oxygen atoms in total. The van der Waals surface area contributed by atoms with Gasteiger partial charge in [-0.2, -0.15) is 0 Å². The Hall–Kier alpha value is -2.36. The van der Waals surface area contributed by atoms with Gasteiger partial charge < -0.3 is 10.1 Å². The van der Waals surface area contributed by atoms with E-state index >= 15 is 0 Å². The molecule has 0 amide bonds. The number of ether oxygens (including phenoxy) is 1. The highest BCUT2D eigenvalue weighted by Gasteiger charge is 2.30. The minimum absolute atomic E-state index is 0.312. The average Bonchev–Trinajstić information content (AvgIpc) is 3.47. The quantitative estimate of drug-likeness (QED) is 0.833. The van der Waals surface area contributed by atoms with Crippen LogP contribution in [0.4, 0.5) is 11.4 Å². The Balaban J connectivity index is 1.56. The largest absolute Gasteiger partial charge is 0.465 e. The van der Waals surface area contributed by atoms with E-state index in [9.17, 15) is 4.79 Å². The summed E-state index contributed by atoms with van der Waals surface area (Å²) in [6.45, 7) is 0. The summed E-state index contributed by atoms with van der Waals surface area (Å²) in [6, 6.07) is 11.7. The molecule has 4 rings (SSSR count). The second-order valence-corrected chi connectivity index (χ2v) is 6.45. The Kier molecular flexibility index (Phi) is 3.52. The van der Waals surface area contributed by atoms with Crippen molar-refractivity contribution in [1.29, 1.82) is 0 Å². The van der Waals surface area contributed by atoms with Crippen molar-refractivity contribution in [1.82, 2.24) is 4.98 Å². The number of hydrogen-bond acceptors (Lipinski definition) is 4. The van der Waals surface area contributed by atoms with E-state index in [1.165, 1.54) is 44.2 Å². The molecule has 4 heteroatoms. The zero-order chi connectivity index (χ0) is 15.8. The van der Waals surface area contributed by atoms with E-state index in [0.29, 0.717) is 17.4 Å². The first-order chi connectivity index (χ1) is 11.2. The lowest BCUT2D eigenvalue weighted by Gasteiger charge is -2.11. The first-order valence-electron chi connectivity index (χ1n) is 8.20. The molecule has 1 aromatic carbocycles. The summed E-state index contributed by atoms with van der Waals surface area (Å²) in [5.41, 5.74) is 5.07. The van der Waals surface area contributed by atoms with Gasteiger partial charge in [0.2, 0.25) is 0 Å². The minimum atomic E-state index is -0.312. The Labute approximate surface area is 135 Å². The predicted octanol–water partition coefficient (Wildman–Crippen LogP) is 4.37. The highest BCUT2D eigenvalue weighted by Crippen LogP contribution is 2.44. The van der Waals surface area contributed by atoms with Crippen LogP contribution >= 0.6 is 0 Å². The van der Waals surface area contributed by atoms with Gasteiger partial charge in [0.05, 0.1) is 12.7 Å². The third-order valence-electron chi connectivity index (χ3n) is 4.45. The van der Waals surface area contributed by atoms with Gasteiger partial charge in [0.25, 0.3) is 0 Å². The molecule has 1 heterocycles. The van der Waals surface area contributed by atoms with E-state index in [2.05, 4.69) is 17.4 Å². The second-order valence-electron chi connectivity index (χ2n) is 6.45. The molecule has 2 fully saturated rings. The van der Waals surface area contributed by atoms with Crippen molar-refractivity contribution in [2.75, 3.05) is 12.4 Å². The number of carbonyl (C=O) groups excluding carboxylic acids is 1. The van der Waals surface area contributed by atoms with Crippen molar-refractivity contribution in [2.24, 2.45) is 0 Å². The van der Waals surface area contributed by atoms with Gasteiger partial charge in [-0.05, 0) is 62.1 Å². The fraction of sp³-hybridized carbons (Fsp3) is 0.368. The lowest BCUT2D eigenvalue weighted by Crippen LogP contribution is -2.01. The fourth-order valence-electron chi connectivity index (χ4n) is 2.80. The molecule has 0 bridgehead atoms. The van der Waals surface area contributed by atoms with Gasteiger partial charge in [-0.25, -0.2) is 4.79 Å². The Bertz CT molecular complexity index is 701. The first-order valence-corrected chi connectivity index (χ1v) is 8.20. The second kappa shape index (κ2) is 5.69. The molecule has 1 aromatic heterocycles. The minimum Gasteiger partial charge on any atom is -0.465 e. The van der Waals surface area contributed by atoms with Gasteiger partial charge in [-0.1, -0.05) is 0 Å². The lowest BCUT2D eigenvalue weighted by molar-refractivity contribution is 0.0601. The number of nitrogens with one attached hydrogen (secondary N) is 1. The molecule has 1 N–H and O–H groups in total. The molecule has 23 heavy (non-hydrogen) atoms. The summed E-state index contributed by atoms with van der Waals surface area (Å²) >= 11 is 0. The third-order valence-corrected chi connectivity index (χ3v) is 4.45. The smallest absolute Gasteiger partial charge is 0.337 e. The van der Waals surface area contributed by atoms with E-state index in [1.807, 2.05) is 12.1 Å². The van der Waals surface area contributed by atoms with Gasteiger partial charge in [0.1, 0.15) is 0 Å². The monoisotopic (exact) mass is 308 g/mol. The van der Waals surface area contributed by atoms with Crippen LogP contribution in [0.15, 0.2) is 36.4 Å². The van der Waals surface area contributed by atoms with Crippen LogP contribution in [0.3, 0.4) is 0 Å². The number of methoxy groups -OCH3 is 1. The molecule has 0 atom stereocenters. The van der Waals surface area contributed by atoms with Crippen LogP contribution in [0.2, 0.25) is 0 Å². The fourth-order valence-corrected chi connectivity index (χ4v) is 2.80. The molecule has 0 spiro atoms. The number of esters is 1. The predicted molar refractivity (Wildman–Crippen MR) is 89.3 cm³/mol. The molecule has 2 aliphatic carbocycles. The van der Waals surface area contributed by atoms with E-state index in [4.69, 9.17) is 9.72 Å². The van der Waals surface area contributed by atoms with E-state index in [1.54, 1.807) is 12.1 Å². The van der Waals surface area contributed by atoms with Crippen molar-refractivity contribution >= 4 is 17.3 Å². The molecule has 2 aliphatic rings. The standard InChI is InChI=1S/C19H20N2O2/c1-23-19(22)14-6-8-15(9-7-14)20-16-10-17(12-2-3-12)21-18(11-16)13-4-5-13/h6-13H,2-5H2,1H3,(H,20,21). The zero-order valence-electron chi connectivity index (χ0n) is 13.2. The van der Waals surface area contributed by atoms with Gasteiger partial charge >= 0.3 is 5.97 Å². The highest BCUT2D eigenvalue weighted by molar-refractivity contribution is 5.89. The number of carbonyl (C=O) groups is 1. The van der Waals surface area contributed by atoms with E-state index < -0.39 is 0 Å². The zero-order valence-corrected chi connectivity index (χ0v) is 13.2. The normalized spacial score (nSPS) is 16.9. The molecule has 118 valence electrons. The molecule has 0 aliphatic heterocycles. The number of nitrogens with zero attached hydrogens (tertiary/aromatic N) is 1. The number of aromatic nitrogens is 1. The van der Waals surface area contributed by atoms with E-state index in [0.717, 1.165) is 11.4 Å². The summed E-state index contributed by atoms with van der Waals surface area (Å²) < 4.78 is 4.72. The van der Waals surface area contributed by atoms with Gasteiger partial charge in [0.15, 0.2) is 0 Å². The third kappa shape index (κ3) is 3.21. The Morgan fingerprint density at radius 2 is 1.57 bits per heavy atom. The van der Waals surface area contributed by atoms with Crippen LogP contribution in [-0.2, 0) is 4.74 Å². The molecule has 0 saturated heterocycles. The molecule has 0 unspecified atom stereocenters. The van der Waals surface area contributed by atoms with Gasteiger partial charge in [-0.3, -0.25) is 4.98 Å². The topological polar surface area (TPSA) is 51.2 Å². The van der Waals surface area contributed by atoms with Crippen molar-refractivity contribution in [3.63, 3.8) is 0 Å². The van der Waals surface area contributed by atoms with E-state index in [-0.39, 0.29) is 5.97 Å². The molecule has 2 saturated carbocycles. The summed E-state index contributed by atoms with van der Waals surface area (Å²) in [6.07, 6.45) is 5.03.